The second-order valence-electron chi connectivity index (χ2n) is 5.93. The number of carbonyl (C=O) groups excluding carboxylic acids is 1. The lowest BCUT2D eigenvalue weighted by Gasteiger charge is -2.11. The number of hydrazone groups is 1. The first-order valence-corrected chi connectivity index (χ1v) is 11.3. The first kappa shape index (κ1) is 22.3. The minimum absolute atomic E-state index is 0.301. The van der Waals surface area contributed by atoms with E-state index in [1.165, 1.54) is 0 Å². The van der Waals surface area contributed by atoms with E-state index >= 15 is 0 Å². The number of ether oxygens (including phenoxy) is 1. The van der Waals surface area contributed by atoms with E-state index in [4.69, 9.17) is 27.9 Å². The molecule has 148 valence electrons. The van der Waals surface area contributed by atoms with Crippen molar-refractivity contribution in [2.24, 2.45) is 5.10 Å². The predicted molar refractivity (Wildman–Crippen MR) is 134 cm³/mol. The molecule has 4 nitrogen and oxygen atoms in total. The smallest absolute Gasteiger partial charge is 0.271 e. The molecule has 0 aliphatic carbocycles. The third kappa shape index (κ3) is 6.56. The summed E-state index contributed by atoms with van der Waals surface area (Å²) in [5.41, 5.74) is 4.89. The molecule has 0 saturated heterocycles. The van der Waals surface area contributed by atoms with E-state index in [1.54, 1.807) is 30.5 Å². The van der Waals surface area contributed by atoms with E-state index in [9.17, 15) is 4.79 Å². The topological polar surface area (TPSA) is 50.7 Å². The van der Waals surface area contributed by atoms with Crippen LogP contribution in [0.1, 0.15) is 21.5 Å². The Kier molecular flexibility index (Phi) is 8.16. The normalized spacial score (nSPS) is 10.9. The number of benzene rings is 3. The van der Waals surface area contributed by atoms with Crippen molar-refractivity contribution < 1.29 is 9.53 Å². The highest BCUT2D eigenvalue weighted by atomic mass is 127. The minimum Gasteiger partial charge on any atom is -0.487 e. The Labute approximate surface area is 205 Å². The summed E-state index contributed by atoms with van der Waals surface area (Å²) in [5, 5.41) is 5.31. The van der Waals surface area contributed by atoms with E-state index in [-0.39, 0.29) is 5.91 Å². The molecular weight excluding hydrogens is 637 g/mol. The summed E-state index contributed by atoms with van der Waals surface area (Å²) in [5.74, 6) is 0.508. The van der Waals surface area contributed by atoms with Gasteiger partial charge in [-0.15, -0.1) is 0 Å². The number of nitrogens with one attached hydrogen (secondary N) is 1. The Morgan fingerprint density at radius 3 is 2.10 bits per heavy atom. The van der Waals surface area contributed by atoms with Gasteiger partial charge in [-0.3, -0.25) is 4.79 Å². The molecule has 3 aromatic carbocycles. The van der Waals surface area contributed by atoms with E-state index in [0.29, 0.717) is 22.2 Å². The molecular formula is C21H14Cl2I2N2O2. The Hall–Kier alpha value is -1.36. The van der Waals surface area contributed by atoms with Crippen LogP contribution in [0.3, 0.4) is 0 Å². The number of carbonyl (C=O) groups is 1. The molecule has 1 N–H and O–H groups in total. The zero-order chi connectivity index (χ0) is 20.8. The zero-order valence-corrected chi connectivity index (χ0v) is 20.7. The largest absolute Gasteiger partial charge is 0.487 e. The molecule has 3 aromatic rings. The number of hydrogen-bond donors (Lipinski definition) is 1. The number of rotatable bonds is 6. The highest BCUT2D eigenvalue weighted by Gasteiger charge is 2.09. The maximum absolute atomic E-state index is 12.1. The number of nitrogens with zero attached hydrogens (tertiary/aromatic N) is 1. The summed E-state index contributed by atoms with van der Waals surface area (Å²) in [4.78, 5) is 12.1. The number of amides is 1. The lowest BCUT2D eigenvalue weighted by atomic mass is 10.2. The van der Waals surface area contributed by atoms with Crippen LogP contribution >= 0.6 is 68.4 Å². The molecule has 0 aromatic heterocycles. The van der Waals surface area contributed by atoms with Crippen molar-refractivity contribution in [2.45, 2.75) is 6.61 Å². The molecule has 3 rings (SSSR count). The van der Waals surface area contributed by atoms with Crippen molar-refractivity contribution in [2.75, 3.05) is 0 Å². The molecule has 29 heavy (non-hydrogen) atoms. The van der Waals surface area contributed by atoms with E-state index < -0.39 is 0 Å². The fourth-order valence-electron chi connectivity index (χ4n) is 2.36. The monoisotopic (exact) mass is 650 g/mol. The predicted octanol–water partition coefficient (Wildman–Crippen LogP) is 6.55. The second-order valence-corrected chi connectivity index (χ2v) is 9.13. The van der Waals surface area contributed by atoms with Crippen LogP contribution in [0.25, 0.3) is 0 Å². The molecule has 0 atom stereocenters. The van der Waals surface area contributed by atoms with Crippen molar-refractivity contribution in [1.29, 1.82) is 0 Å². The van der Waals surface area contributed by atoms with Crippen LogP contribution in [-0.4, -0.2) is 12.1 Å². The summed E-state index contributed by atoms with van der Waals surface area (Å²) in [7, 11) is 0. The lowest BCUT2D eigenvalue weighted by Crippen LogP contribution is -2.17. The highest BCUT2D eigenvalue weighted by Crippen LogP contribution is 2.29. The fraction of sp³-hybridized carbons (Fsp3) is 0.0476. The van der Waals surface area contributed by atoms with Gasteiger partial charge in [0.05, 0.1) is 13.4 Å². The second kappa shape index (κ2) is 10.6. The Morgan fingerprint density at radius 2 is 1.52 bits per heavy atom. The average molecular weight is 651 g/mol. The molecule has 0 fully saturated rings. The van der Waals surface area contributed by atoms with Crippen molar-refractivity contribution in [3.8, 4) is 5.75 Å². The fourth-order valence-corrected chi connectivity index (χ4v) is 4.74. The van der Waals surface area contributed by atoms with Gasteiger partial charge in [0.15, 0.2) is 0 Å². The first-order valence-electron chi connectivity index (χ1n) is 8.37. The van der Waals surface area contributed by atoms with Gasteiger partial charge in [-0.1, -0.05) is 35.3 Å². The number of halogens is 4. The van der Waals surface area contributed by atoms with Crippen LogP contribution in [0.4, 0.5) is 0 Å². The standard InChI is InChI=1S/C21H14Cl2I2N2O2/c22-16-5-1-13(2-6-16)12-29-20-18(24)9-14(10-19(20)25)11-26-27-21(28)15-3-7-17(23)8-4-15/h1-11H,12H2,(H,27,28)/b26-11+. The van der Waals surface area contributed by atoms with Crippen molar-refractivity contribution in [3.63, 3.8) is 0 Å². The van der Waals surface area contributed by atoms with Crippen LogP contribution in [0.15, 0.2) is 65.8 Å². The molecule has 0 aliphatic heterocycles. The summed E-state index contributed by atoms with van der Waals surface area (Å²) in [6, 6.07) is 18.1. The highest BCUT2D eigenvalue weighted by molar-refractivity contribution is 14.1. The molecule has 1 amide bonds. The van der Waals surface area contributed by atoms with Crippen LogP contribution in [0.5, 0.6) is 5.75 Å². The Bertz CT molecular complexity index is 1020. The zero-order valence-electron chi connectivity index (χ0n) is 14.8. The Morgan fingerprint density at radius 1 is 0.966 bits per heavy atom. The molecule has 0 radical (unpaired) electrons. The van der Waals surface area contributed by atoms with Gasteiger partial charge in [-0.2, -0.15) is 5.10 Å². The van der Waals surface area contributed by atoms with Gasteiger partial charge < -0.3 is 4.74 Å². The van der Waals surface area contributed by atoms with Crippen molar-refractivity contribution >= 4 is 80.5 Å². The summed E-state index contributed by atoms with van der Waals surface area (Å²) in [6.45, 7) is 0.452. The summed E-state index contributed by atoms with van der Waals surface area (Å²) < 4.78 is 7.88. The van der Waals surface area contributed by atoms with Gasteiger partial charge in [-0.05, 0) is 105 Å². The number of hydrogen-bond acceptors (Lipinski definition) is 3. The van der Waals surface area contributed by atoms with Gasteiger partial charge in [0.25, 0.3) is 5.91 Å². The van der Waals surface area contributed by atoms with Gasteiger partial charge in [0.2, 0.25) is 0 Å². The molecule has 0 spiro atoms. The van der Waals surface area contributed by atoms with Crippen molar-refractivity contribution in [1.82, 2.24) is 5.43 Å². The van der Waals surface area contributed by atoms with Crippen LogP contribution in [-0.2, 0) is 6.61 Å². The quantitative estimate of drug-likeness (QED) is 0.187. The molecule has 0 heterocycles. The molecule has 0 saturated carbocycles. The maximum Gasteiger partial charge on any atom is 0.271 e. The molecule has 0 aliphatic rings. The lowest BCUT2D eigenvalue weighted by molar-refractivity contribution is 0.0955. The van der Waals surface area contributed by atoms with Crippen LogP contribution in [0.2, 0.25) is 10.0 Å². The van der Waals surface area contributed by atoms with Crippen LogP contribution < -0.4 is 10.2 Å². The maximum atomic E-state index is 12.1. The van der Waals surface area contributed by atoms with Gasteiger partial charge in [0.1, 0.15) is 12.4 Å². The molecule has 0 unspecified atom stereocenters. The van der Waals surface area contributed by atoms with Gasteiger partial charge in [-0.25, -0.2) is 5.43 Å². The summed E-state index contributed by atoms with van der Waals surface area (Å²) >= 11 is 16.2. The third-order valence-electron chi connectivity index (χ3n) is 3.80. The average Bonchev–Trinajstić information content (AvgIpc) is 2.69. The summed E-state index contributed by atoms with van der Waals surface area (Å²) in [6.07, 6.45) is 1.60. The molecule has 0 bridgehead atoms. The molecule has 8 heteroatoms. The van der Waals surface area contributed by atoms with Crippen molar-refractivity contribution in [3.05, 3.63) is 94.5 Å². The Balaban J connectivity index is 1.63. The van der Waals surface area contributed by atoms with Gasteiger partial charge in [0, 0.05) is 15.6 Å². The first-order chi connectivity index (χ1) is 13.9. The SMILES string of the molecule is O=C(N/N=C/c1cc(I)c(OCc2ccc(Cl)cc2)c(I)c1)c1ccc(Cl)cc1. The van der Waals surface area contributed by atoms with E-state index in [1.807, 2.05) is 36.4 Å². The van der Waals surface area contributed by atoms with E-state index in [0.717, 1.165) is 24.0 Å². The van der Waals surface area contributed by atoms with Crippen LogP contribution in [0, 0.1) is 7.14 Å². The minimum atomic E-state index is -0.301. The van der Waals surface area contributed by atoms with Gasteiger partial charge >= 0.3 is 0 Å². The van der Waals surface area contributed by atoms with E-state index in [2.05, 4.69) is 55.7 Å². The third-order valence-corrected chi connectivity index (χ3v) is 5.91.